The number of likely N-dealkylation sites (tertiary alicyclic amines) is 1. The van der Waals surface area contributed by atoms with E-state index in [1.807, 2.05) is 0 Å². The predicted molar refractivity (Wildman–Crippen MR) is 66.5 cm³/mol. The van der Waals surface area contributed by atoms with Gasteiger partial charge in [-0.1, -0.05) is 0 Å². The number of β-amino-alcohol motifs (C(OH)–C–C–N with tert-alkyl or cyclic N) is 1. The molecule has 106 valence electrons. The lowest BCUT2D eigenvalue weighted by Gasteiger charge is -2.23. The zero-order valence-electron chi connectivity index (χ0n) is 10.8. The first kappa shape index (κ1) is 12.7. The summed E-state index contributed by atoms with van der Waals surface area (Å²) < 4.78 is 0. The van der Waals surface area contributed by atoms with Crippen molar-refractivity contribution in [2.75, 3.05) is 13.1 Å². The number of carboxylic acid groups (broad SMARTS) is 1. The number of amides is 2. The fraction of sp³-hybridized carbons (Fsp3) is 0.846. The lowest BCUT2D eigenvalue weighted by Crippen LogP contribution is -2.47. The van der Waals surface area contributed by atoms with Crippen LogP contribution in [-0.4, -0.2) is 52.3 Å². The van der Waals surface area contributed by atoms with Crippen molar-refractivity contribution in [1.82, 2.24) is 10.2 Å². The second-order valence-electron chi connectivity index (χ2n) is 6.19. The van der Waals surface area contributed by atoms with Crippen LogP contribution in [0.1, 0.15) is 32.1 Å². The Kier molecular flexibility index (Phi) is 2.92. The number of carbonyl (C=O) groups is 2. The third-order valence-corrected chi connectivity index (χ3v) is 4.75. The van der Waals surface area contributed by atoms with Crippen molar-refractivity contribution >= 4 is 12.0 Å². The molecule has 0 aromatic carbocycles. The van der Waals surface area contributed by atoms with Crippen LogP contribution in [0.5, 0.6) is 0 Å². The molecule has 1 unspecified atom stereocenters. The number of rotatable bonds is 4. The van der Waals surface area contributed by atoms with Gasteiger partial charge >= 0.3 is 12.0 Å². The zero-order valence-corrected chi connectivity index (χ0v) is 10.8. The predicted octanol–water partition coefficient (Wildman–Crippen LogP) is 0.406. The van der Waals surface area contributed by atoms with Gasteiger partial charge in [0.15, 0.2) is 0 Å². The first-order chi connectivity index (χ1) is 9.02. The van der Waals surface area contributed by atoms with Crippen LogP contribution in [0.2, 0.25) is 0 Å². The van der Waals surface area contributed by atoms with Gasteiger partial charge in [-0.25, -0.2) is 9.59 Å². The number of aliphatic hydroxyl groups excluding tert-OH is 1. The van der Waals surface area contributed by atoms with E-state index in [9.17, 15) is 14.7 Å². The maximum atomic E-state index is 12.1. The van der Waals surface area contributed by atoms with Gasteiger partial charge in [-0.05, 0) is 37.0 Å². The van der Waals surface area contributed by atoms with E-state index in [1.54, 1.807) is 0 Å². The highest BCUT2D eigenvalue weighted by molar-refractivity contribution is 5.83. The van der Waals surface area contributed by atoms with Gasteiger partial charge in [0, 0.05) is 19.5 Å². The molecule has 1 aliphatic heterocycles. The topological polar surface area (TPSA) is 89.9 Å². The second kappa shape index (κ2) is 4.37. The Morgan fingerprint density at radius 1 is 1.32 bits per heavy atom. The quantitative estimate of drug-likeness (QED) is 0.688. The largest absolute Gasteiger partial charge is 0.480 e. The van der Waals surface area contributed by atoms with Crippen molar-refractivity contribution in [1.29, 1.82) is 0 Å². The number of carboxylic acids is 1. The third-order valence-electron chi connectivity index (χ3n) is 4.75. The Morgan fingerprint density at radius 2 is 2.00 bits per heavy atom. The SMILES string of the molecule is O=C(O)[C@@H]1CC(O)CN1C(=O)NCC1(C2CC2)CC1. The molecule has 0 radical (unpaired) electrons. The van der Waals surface area contributed by atoms with Gasteiger partial charge in [-0.15, -0.1) is 0 Å². The number of nitrogens with one attached hydrogen (secondary N) is 1. The van der Waals surface area contributed by atoms with Crippen LogP contribution in [0.25, 0.3) is 0 Å². The second-order valence-corrected chi connectivity index (χ2v) is 6.19. The van der Waals surface area contributed by atoms with Crippen molar-refractivity contribution in [2.45, 2.75) is 44.2 Å². The van der Waals surface area contributed by atoms with Crippen molar-refractivity contribution < 1.29 is 19.8 Å². The van der Waals surface area contributed by atoms with Gasteiger partial charge in [0.05, 0.1) is 6.10 Å². The normalized spacial score (nSPS) is 32.2. The van der Waals surface area contributed by atoms with Gasteiger partial charge in [0.2, 0.25) is 0 Å². The van der Waals surface area contributed by atoms with Gasteiger partial charge in [-0.2, -0.15) is 0 Å². The van der Waals surface area contributed by atoms with E-state index in [4.69, 9.17) is 5.11 Å². The van der Waals surface area contributed by atoms with Crippen LogP contribution in [0, 0.1) is 11.3 Å². The van der Waals surface area contributed by atoms with E-state index < -0.39 is 18.1 Å². The molecule has 0 aromatic heterocycles. The van der Waals surface area contributed by atoms with Crippen LogP contribution in [0.15, 0.2) is 0 Å². The Morgan fingerprint density at radius 3 is 2.53 bits per heavy atom. The van der Waals surface area contributed by atoms with Crippen LogP contribution in [-0.2, 0) is 4.79 Å². The summed E-state index contributed by atoms with van der Waals surface area (Å²) in [4.78, 5) is 24.4. The maximum absolute atomic E-state index is 12.1. The Hall–Kier alpha value is -1.30. The monoisotopic (exact) mass is 268 g/mol. The Balaban J connectivity index is 1.56. The molecular formula is C13H20N2O4. The minimum Gasteiger partial charge on any atom is -0.480 e. The zero-order chi connectivity index (χ0) is 13.6. The summed E-state index contributed by atoms with van der Waals surface area (Å²) in [5, 5.41) is 21.4. The highest BCUT2D eigenvalue weighted by Gasteiger charge is 2.53. The van der Waals surface area contributed by atoms with Crippen molar-refractivity contribution in [3.63, 3.8) is 0 Å². The molecule has 3 fully saturated rings. The Labute approximate surface area is 111 Å². The molecule has 2 amide bonds. The molecule has 0 spiro atoms. The average molecular weight is 268 g/mol. The summed E-state index contributed by atoms with van der Waals surface area (Å²) in [7, 11) is 0. The standard InChI is InChI=1S/C13H20N2O4/c16-9-5-10(11(17)18)15(6-9)12(19)14-7-13(3-4-13)8-1-2-8/h8-10,16H,1-7H2,(H,14,19)(H,17,18)/t9?,10-/m0/s1. The van der Waals surface area contributed by atoms with Gasteiger partial charge in [0.1, 0.15) is 6.04 Å². The number of aliphatic hydroxyl groups is 1. The fourth-order valence-electron chi connectivity index (χ4n) is 3.21. The molecule has 2 aliphatic carbocycles. The summed E-state index contributed by atoms with van der Waals surface area (Å²) in [6.45, 7) is 0.759. The molecule has 6 heteroatoms. The third kappa shape index (κ3) is 2.41. The van der Waals surface area contributed by atoms with E-state index >= 15 is 0 Å². The fourth-order valence-corrected chi connectivity index (χ4v) is 3.21. The molecule has 3 rings (SSSR count). The average Bonchev–Trinajstić information content (AvgIpc) is 3.23. The summed E-state index contributed by atoms with van der Waals surface area (Å²) in [6, 6.07) is -1.25. The van der Waals surface area contributed by atoms with Crippen LogP contribution < -0.4 is 5.32 Å². The highest BCUT2D eigenvalue weighted by atomic mass is 16.4. The molecule has 2 atom stereocenters. The molecule has 0 bridgehead atoms. The number of aliphatic carboxylic acids is 1. The van der Waals surface area contributed by atoms with E-state index in [-0.39, 0.29) is 19.0 Å². The lowest BCUT2D eigenvalue weighted by atomic mass is 10.0. The van der Waals surface area contributed by atoms with Crippen LogP contribution >= 0.6 is 0 Å². The number of hydrogen-bond acceptors (Lipinski definition) is 3. The first-order valence-corrected chi connectivity index (χ1v) is 6.97. The Bertz CT molecular complexity index is 403. The molecule has 19 heavy (non-hydrogen) atoms. The van der Waals surface area contributed by atoms with E-state index in [1.165, 1.54) is 30.6 Å². The molecule has 6 nitrogen and oxygen atoms in total. The van der Waals surface area contributed by atoms with Crippen LogP contribution in [0.3, 0.4) is 0 Å². The molecule has 1 saturated heterocycles. The molecule has 3 aliphatic rings. The number of nitrogens with zero attached hydrogens (tertiary/aromatic N) is 1. The smallest absolute Gasteiger partial charge is 0.326 e. The van der Waals surface area contributed by atoms with Crippen molar-refractivity contribution in [3.8, 4) is 0 Å². The molecule has 1 heterocycles. The summed E-state index contributed by atoms with van der Waals surface area (Å²) in [6.07, 6.45) is 4.25. The van der Waals surface area contributed by atoms with Crippen molar-refractivity contribution in [2.24, 2.45) is 11.3 Å². The maximum Gasteiger partial charge on any atom is 0.326 e. The van der Waals surface area contributed by atoms with Gasteiger partial charge < -0.3 is 20.4 Å². The lowest BCUT2D eigenvalue weighted by molar-refractivity contribution is -0.141. The molecule has 0 aromatic rings. The minimum absolute atomic E-state index is 0.110. The van der Waals surface area contributed by atoms with Crippen LogP contribution in [0.4, 0.5) is 4.79 Å². The number of hydrogen-bond donors (Lipinski definition) is 3. The minimum atomic E-state index is -1.05. The number of carbonyl (C=O) groups excluding carboxylic acids is 1. The molecule has 3 N–H and O–H groups in total. The van der Waals surface area contributed by atoms with Gasteiger partial charge in [0.25, 0.3) is 0 Å². The van der Waals surface area contributed by atoms with E-state index in [2.05, 4.69) is 5.32 Å². The molecule has 2 saturated carbocycles. The van der Waals surface area contributed by atoms with Gasteiger partial charge in [-0.3, -0.25) is 0 Å². The highest BCUT2D eigenvalue weighted by Crippen LogP contribution is 2.60. The van der Waals surface area contributed by atoms with E-state index in [0.717, 1.165) is 5.92 Å². The van der Waals surface area contributed by atoms with Crippen molar-refractivity contribution in [3.05, 3.63) is 0 Å². The van der Waals surface area contributed by atoms with E-state index in [0.29, 0.717) is 12.0 Å². The number of urea groups is 1. The molecular weight excluding hydrogens is 248 g/mol. The summed E-state index contributed by atoms with van der Waals surface area (Å²) in [5.41, 5.74) is 0.298. The first-order valence-electron chi connectivity index (χ1n) is 6.97. The summed E-state index contributed by atoms with van der Waals surface area (Å²) >= 11 is 0. The summed E-state index contributed by atoms with van der Waals surface area (Å²) in [5.74, 6) is -0.290.